The number of aryl methyl sites for hydroxylation is 1. The Balaban J connectivity index is 2.07. The molecule has 0 saturated carbocycles. The van der Waals surface area contributed by atoms with Crippen LogP contribution in [0.25, 0.3) is 11.1 Å². The number of rotatable bonds is 5. The lowest BCUT2D eigenvalue weighted by Crippen LogP contribution is -2.40. The second-order valence-electron chi connectivity index (χ2n) is 5.69. The van der Waals surface area contributed by atoms with E-state index in [1.165, 1.54) is 0 Å². The molecular weight excluding hydrogens is 302 g/mol. The highest BCUT2D eigenvalue weighted by Gasteiger charge is 2.27. The van der Waals surface area contributed by atoms with Gasteiger partial charge >= 0.3 is 0 Å². The van der Waals surface area contributed by atoms with Gasteiger partial charge in [-0.05, 0) is 43.7 Å². The van der Waals surface area contributed by atoms with Crippen molar-refractivity contribution in [2.75, 3.05) is 18.6 Å². The molecule has 122 valence electrons. The summed E-state index contributed by atoms with van der Waals surface area (Å²) in [4.78, 5) is 26.3. The number of nitrogens with zero attached hydrogens (tertiary/aromatic N) is 1. The molecule has 0 aliphatic rings. The highest BCUT2D eigenvalue weighted by atomic mass is 16.5. The van der Waals surface area contributed by atoms with Gasteiger partial charge in [-0.15, -0.1) is 0 Å². The molecule has 0 radical (unpaired) electrons. The van der Waals surface area contributed by atoms with E-state index in [1.807, 2.05) is 67.3 Å². The SMILES string of the molecule is CCN(c1ccc(OC)cc1)c1c(-c2ccc(C)cc2)c(=O)c1=O. The van der Waals surface area contributed by atoms with Crippen LogP contribution < -0.4 is 20.5 Å². The predicted octanol–water partition coefficient (Wildman–Crippen LogP) is 3.42. The summed E-state index contributed by atoms with van der Waals surface area (Å²) < 4.78 is 5.17. The molecule has 24 heavy (non-hydrogen) atoms. The molecule has 0 spiro atoms. The fraction of sp³-hybridized carbons (Fsp3) is 0.200. The van der Waals surface area contributed by atoms with E-state index in [0.29, 0.717) is 17.8 Å². The fourth-order valence-corrected chi connectivity index (χ4v) is 2.86. The molecule has 0 N–H and O–H groups in total. The van der Waals surface area contributed by atoms with E-state index in [4.69, 9.17) is 4.74 Å². The predicted molar refractivity (Wildman–Crippen MR) is 97.2 cm³/mol. The zero-order valence-corrected chi connectivity index (χ0v) is 14.0. The Morgan fingerprint density at radius 3 is 2.08 bits per heavy atom. The summed E-state index contributed by atoms with van der Waals surface area (Å²) in [6.45, 7) is 4.54. The maximum absolute atomic E-state index is 12.2. The number of hydrogen-bond acceptors (Lipinski definition) is 4. The molecule has 0 unspecified atom stereocenters. The molecule has 4 heteroatoms. The van der Waals surface area contributed by atoms with Crippen LogP contribution in [0.2, 0.25) is 0 Å². The van der Waals surface area contributed by atoms with E-state index in [1.54, 1.807) is 7.11 Å². The molecule has 0 aromatic heterocycles. The third kappa shape index (κ3) is 2.60. The monoisotopic (exact) mass is 321 g/mol. The van der Waals surface area contributed by atoms with Crippen LogP contribution in [0, 0.1) is 6.92 Å². The average molecular weight is 321 g/mol. The molecule has 0 aliphatic heterocycles. The average Bonchev–Trinajstić information content (AvgIpc) is 2.63. The minimum Gasteiger partial charge on any atom is -0.497 e. The van der Waals surface area contributed by atoms with Crippen molar-refractivity contribution in [3.05, 3.63) is 74.5 Å². The molecular formula is C20H19NO3. The van der Waals surface area contributed by atoms with Crippen LogP contribution in [0.3, 0.4) is 0 Å². The van der Waals surface area contributed by atoms with Crippen LogP contribution in [-0.4, -0.2) is 13.7 Å². The van der Waals surface area contributed by atoms with Gasteiger partial charge in [0.2, 0.25) is 5.43 Å². The molecule has 0 fully saturated rings. The van der Waals surface area contributed by atoms with Crippen molar-refractivity contribution in [1.29, 1.82) is 0 Å². The van der Waals surface area contributed by atoms with E-state index in [9.17, 15) is 9.59 Å². The molecule has 3 aromatic rings. The summed E-state index contributed by atoms with van der Waals surface area (Å²) in [7, 11) is 1.61. The summed E-state index contributed by atoms with van der Waals surface area (Å²) in [5, 5.41) is 0. The maximum Gasteiger partial charge on any atom is 0.250 e. The minimum absolute atomic E-state index is 0.416. The molecule has 3 rings (SSSR count). The Bertz CT molecular complexity index is 917. The van der Waals surface area contributed by atoms with Gasteiger partial charge in [0, 0.05) is 12.2 Å². The molecule has 0 aliphatic carbocycles. The van der Waals surface area contributed by atoms with Crippen molar-refractivity contribution in [3.8, 4) is 16.9 Å². The summed E-state index contributed by atoms with van der Waals surface area (Å²) in [5.74, 6) is 0.749. The molecule has 0 atom stereocenters. The van der Waals surface area contributed by atoms with Crippen molar-refractivity contribution >= 4 is 11.4 Å². The molecule has 0 bridgehead atoms. The first-order chi connectivity index (χ1) is 11.6. The summed E-state index contributed by atoms with van der Waals surface area (Å²) in [5.41, 5.74) is 2.88. The standard InChI is InChI=1S/C20H19NO3/c1-4-21(15-9-11-16(24-3)12-10-15)18-17(19(22)20(18)23)14-7-5-13(2)6-8-14/h5-12H,4H2,1-3H3. The van der Waals surface area contributed by atoms with E-state index >= 15 is 0 Å². The van der Waals surface area contributed by atoms with Gasteiger partial charge in [-0.25, -0.2) is 0 Å². The quantitative estimate of drug-likeness (QED) is 0.676. The molecule has 0 heterocycles. The highest BCUT2D eigenvalue weighted by Crippen LogP contribution is 2.32. The van der Waals surface area contributed by atoms with E-state index < -0.39 is 10.9 Å². The normalized spacial score (nSPS) is 10.8. The van der Waals surface area contributed by atoms with Gasteiger partial charge in [0.25, 0.3) is 5.43 Å². The van der Waals surface area contributed by atoms with Gasteiger partial charge in [0.1, 0.15) is 11.4 Å². The van der Waals surface area contributed by atoms with Crippen molar-refractivity contribution in [2.45, 2.75) is 13.8 Å². The fourth-order valence-electron chi connectivity index (χ4n) is 2.86. The van der Waals surface area contributed by atoms with Crippen molar-refractivity contribution < 1.29 is 4.74 Å². The van der Waals surface area contributed by atoms with Gasteiger partial charge in [0.05, 0.1) is 12.7 Å². The Morgan fingerprint density at radius 2 is 1.54 bits per heavy atom. The minimum atomic E-state index is -0.428. The number of ether oxygens (including phenoxy) is 1. The zero-order valence-electron chi connectivity index (χ0n) is 14.0. The Labute approximate surface area is 140 Å². The van der Waals surface area contributed by atoms with Crippen LogP contribution in [-0.2, 0) is 0 Å². The molecule has 0 saturated heterocycles. The highest BCUT2D eigenvalue weighted by molar-refractivity contribution is 5.86. The van der Waals surface area contributed by atoms with Crippen molar-refractivity contribution in [1.82, 2.24) is 0 Å². The first-order valence-corrected chi connectivity index (χ1v) is 7.88. The number of methoxy groups -OCH3 is 1. The summed E-state index contributed by atoms with van der Waals surface area (Å²) in [6.07, 6.45) is 0. The van der Waals surface area contributed by atoms with Crippen LogP contribution in [0.4, 0.5) is 11.4 Å². The summed E-state index contributed by atoms with van der Waals surface area (Å²) >= 11 is 0. The molecule has 0 amide bonds. The van der Waals surface area contributed by atoms with E-state index in [0.717, 1.165) is 22.6 Å². The number of hydrogen-bond donors (Lipinski definition) is 0. The van der Waals surface area contributed by atoms with Crippen molar-refractivity contribution in [2.24, 2.45) is 0 Å². The largest absolute Gasteiger partial charge is 0.497 e. The molecule has 3 aromatic carbocycles. The van der Waals surface area contributed by atoms with E-state index in [-0.39, 0.29) is 0 Å². The lowest BCUT2D eigenvalue weighted by Gasteiger charge is -2.26. The topological polar surface area (TPSA) is 46.6 Å². The Hall–Kier alpha value is -2.88. The Morgan fingerprint density at radius 1 is 0.917 bits per heavy atom. The Kier molecular flexibility index (Phi) is 4.21. The third-order valence-electron chi connectivity index (χ3n) is 4.20. The van der Waals surface area contributed by atoms with Crippen LogP contribution in [0.15, 0.2) is 58.1 Å². The number of benzene rings is 2. The lowest BCUT2D eigenvalue weighted by molar-refractivity contribution is 0.415. The zero-order chi connectivity index (χ0) is 17.3. The first-order valence-electron chi connectivity index (χ1n) is 7.88. The summed E-state index contributed by atoms with van der Waals surface area (Å²) in [6, 6.07) is 15.1. The first kappa shape index (κ1) is 16.0. The van der Waals surface area contributed by atoms with Crippen LogP contribution in [0.5, 0.6) is 5.75 Å². The van der Waals surface area contributed by atoms with Crippen LogP contribution in [0.1, 0.15) is 12.5 Å². The van der Waals surface area contributed by atoms with Gasteiger partial charge in [-0.2, -0.15) is 0 Å². The van der Waals surface area contributed by atoms with Gasteiger partial charge < -0.3 is 9.64 Å². The van der Waals surface area contributed by atoms with Crippen LogP contribution >= 0.6 is 0 Å². The van der Waals surface area contributed by atoms with Gasteiger partial charge in [-0.1, -0.05) is 29.8 Å². The number of anilines is 2. The maximum atomic E-state index is 12.2. The molecule has 4 nitrogen and oxygen atoms in total. The second kappa shape index (κ2) is 6.32. The third-order valence-corrected chi connectivity index (χ3v) is 4.20. The van der Waals surface area contributed by atoms with E-state index in [2.05, 4.69) is 0 Å². The van der Waals surface area contributed by atoms with Gasteiger partial charge in [0.15, 0.2) is 0 Å². The second-order valence-corrected chi connectivity index (χ2v) is 5.69. The van der Waals surface area contributed by atoms with Crippen molar-refractivity contribution in [3.63, 3.8) is 0 Å². The van der Waals surface area contributed by atoms with Gasteiger partial charge in [-0.3, -0.25) is 9.59 Å². The lowest BCUT2D eigenvalue weighted by atomic mass is 9.96. The smallest absolute Gasteiger partial charge is 0.250 e.